The van der Waals surface area contributed by atoms with Crippen LogP contribution in [0.2, 0.25) is 0 Å². The summed E-state index contributed by atoms with van der Waals surface area (Å²) >= 11 is 0. The highest BCUT2D eigenvalue weighted by Crippen LogP contribution is 2.34. The monoisotopic (exact) mass is 439 g/mol. The molecule has 1 aromatic heterocycles. The number of amides is 1. The van der Waals surface area contributed by atoms with Crippen molar-refractivity contribution in [3.63, 3.8) is 0 Å². The summed E-state index contributed by atoms with van der Waals surface area (Å²) in [5.41, 5.74) is 16.2. The maximum atomic E-state index is 11.5. The summed E-state index contributed by atoms with van der Waals surface area (Å²) < 4.78 is 0. The predicted molar refractivity (Wildman–Crippen MR) is 124 cm³/mol. The minimum atomic E-state index is -1.04. The van der Waals surface area contributed by atoms with Gasteiger partial charge in [-0.15, -0.1) is 4.91 Å². The van der Waals surface area contributed by atoms with Gasteiger partial charge in [0.05, 0.1) is 17.0 Å². The van der Waals surface area contributed by atoms with Crippen LogP contribution in [-0.2, 0) is 0 Å². The first kappa shape index (κ1) is 21.3. The summed E-state index contributed by atoms with van der Waals surface area (Å²) in [6.07, 6.45) is 0. The van der Waals surface area contributed by atoms with Gasteiger partial charge >= 0.3 is 11.9 Å². The Balaban J connectivity index is 1.88. The second-order valence-electron chi connectivity index (χ2n) is 7.13. The van der Waals surface area contributed by atoms with Crippen LogP contribution in [0.25, 0.3) is 33.8 Å². The van der Waals surface area contributed by atoms with Crippen LogP contribution in [0, 0.1) is 4.91 Å². The Hall–Kier alpha value is -4.92. The summed E-state index contributed by atoms with van der Waals surface area (Å²) in [6, 6.07) is 19.4. The van der Waals surface area contributed by atoms with Crippen LogP contribution in [0.1, 0.15) is 20.7 Å². The first-order valence-electron chi connectivity index (χ1n) is 9.72. The number of hydrogen-bond donors (Lipinski definition) is 3. The summed E-state index contributed by atoms with van der Waals surface area (Å²) in [5, 5.41) is 11.6. The first-order chi connectivity index (χ1) is 15.9. The molecule has 4 rings (SSSR count). The molecule has 0 radical (unpaired) electrons. The van der Waals surface area contributed by atoms with Crippen molar-refractivity contribution in [1.82, 2.24) is 9.97 Å². The molecular formula is C24H17N5O4. The maximum absolute atomic E-state index is 11.5. The highest BCUT2D eigenvalue weighted by atomic mass is 16.4. The van der Waals surface area contributed by atoms with Crippen molar-refractivity contribution in [2.24, 2.45) is 5.18 Å². The molecule has 0 bridgehead atoms. The molecule has 0 atom stereocenters. The summed E-state index contributed by atoms with van der Waals surface area (Å²) in [5.74, 6) is -1.77. The molecule has 1 amide bonds. The van der Waals surface area contributed by atoms with Crippen LogP contribution in [-0.4, -0.2) is 27.0 Å². The Morgan fingerprint density at radius 1 is 0.667 bits per heavy atom. The normalized spacial score (nSPS) is 10.5. The molecule has 1 heterocycles. The van der Waals surface area contributed by atoms with Gasteiger partial charge in [-0.3, -0.25) is 4.79 Å². The number of aromatic nitrogens is 2. The molecule has 0 aliphatic heterocycles. The van der Waals surface area contributed by atoms with E-state index in [1.165, 1.54) is 24.3 Å². The van der Waals surface area contributed by atoms with E-state index >= 15 is 0 Å². The molecular weight excluding hydrogens is 422 g/mol. The van der Waals surface area contributed by atoms with E-state index in [-0.39, 0.29) is 16.9 Å². The molecule has 162 valence electrons. The molecule has 0 fully saturated rings. The van der Waals surface area contributed by atoms with Crippen LogP contribution in [0.3, 0.4) is 0 Å². The van der Waals surface area contributed by atoms with E-state index in [0.29, 0.717) is 33.9 Å². The quantitative estimate of drug-likeness (QED) is 0.307. The maximum Gasteiger partial charge on any atom is 0.335 e. The zero-order chi connectivity index (χ0) is 23.5. The highest BCUT2D eigenvalue weighted by Gasteiger charge is 2.18. The van der Waals surface area contributed by atoms with E-state index in [2.05, 4.69) is 10.2 Å². The molecule has 0 aliphatic rings. The lowest BCUT2D eigenvalue weighted by atomic mass is 10.0. The lowest BCUT2D eigenvalue weighted by Crippen LogP contribution is -2.03. The van der Waals surface area contributed by atoms with Crippen LogP contribution in [0.5, 0.6) is 0 Å². The lowest BCUT2D eigenvalue weighted by molar-refractivity contribution is 0.0696. The van der Waals surface area contributed by atoms with Crippen molar-refractivity contribution in [2.45, 2.75) is 0 Å². The van der Waals surface area contributed by atoms with Gasteiger partial charge in [0.1, 0.15) is 5.69 Å². The van der Waals surface area contributed by atoms with Gasteiger partial charge in [-0.1, -0.05) is 36.4 Å². The van der Waals surface area contributed by atoms with Crippen molar-refractivity contribution < 1.29 is 14.7 Å². The molecule has 9 heteroatoms. The fraction of sp³-hybridized carbons (Fsp3) is 0. The minimum absolute atomic E-state index is 0.139. The third kappa shape index (κ3) is 4.28. The Labute approximate surface area is 187 Å². The molecule has 0 spiro atoms. The van der Waals surface area contributed by atoms with E-state index < -0.39 is 11.9 Å². The average Bonchev–Trinajstić information content (AvgIpc) is 2.84. The number of nitrogen functional groups attached to an aromatic ring is 2. The lowest BCUT2D eigenvalue weighted by Gasteiger charge is -2.14. The number of nitrogens with two attached hydrogens (primary N) is 2. The molecule has 4 aromatic rings. The molecule has 5 N–H and O–H groups in total. The smallest absolute Gasteiger partial charge is 0.335 e. The van der Waals surface area contributed by atoms with Crippen LogP contribution >= 0.6 is 0 Å². The second-order valence-corrected chi connectivity index (χ2v) is 7.13. The Morgan fingerprint density at radius 3 is 1.64 bits per heavy atom. The fourth-order valence-corrected chi connectivity index (χ4v) is 3.30. The van der Waals surface area contributed by atoms with E-state index in [1.54, 1.807) is 48.5 Å². The van der Waals surface area contributed by atoms with Gasteiger partial charge in [-0.05, 0) is 36.4 Å². The van der Waals surface area contributed by atoms with Gasteiger partial charge < -0.3 is 16.6 Å². The van der Waals surface area contributed by atoms with Gasteiger partial charge in [0.25, 0.3) is 0 Å². The van der Waals surface area contributed by atoms with Crippen LogP contribution < -0.4 is 11.5 Å². The average molecular weight is 439 g/mol. The van der Waals surface area contributed by atoms with Gasteiger partial charge in [0.2, 0.25) is 0 Å². The fourth-order valence-electron chi connectivity index (χ4n) is 3.30. The number of benzene rings is 3. The highest BCUT2D eigenvalue weighted by molar-refractivity contribution is 5.95. The van der Waals surface area contributed by atoms with E-state index in [1.807, 2.05) is 0 Å². The molecule has 0 saturated heterocycles. The molecule has 3 aromatic carbocycles. The standard InChI is InChI=1S/C24H17N5O4/c25-18-11-9-14(10-12-18)19-20(13-1-5-16(6-2-13)23(30)29-33)28-22(26)21(27-19)15-3-7-17(8-4-15)24(31)32/h1-12H,25H2,(H2,26,28)(H,31,32). The zero-order valence-electron chi connectivity index (χ0n) is 17.1. The van der Waals surface area contributed by atoms with Gasteiger partial charge in [-0.2, -0.15) is 0 Å². The van der Waals surface area contributed by atoms with Crippen molar-refractivity contribution in [3.05, 3.63) is 88.8 Å². The third-order valence-electron chi connectivity index (χ3n) is 5.00. The number of nitrogens with zero attached hydrogens (tertiary/aromatic N) is 3. The predicted octanol–water partition coefficient (Wildman–Crippen LogP) is 4.25. The second kappa shape index (κ2) is 8.67. The largest absolute Gasteiger partial charge is 0.478 e. The third-order valence-corrected chi connectivity index (χ3v) is 5.00. The minimum Gasteiger partial charge on any atom is -0.478 e. The van der Waals surface area contributed by atoms with Crippen molar-refractivity contribution in [1.29, 1.82) is 0 Å². The molecule has 33 heavy (non-hydrogen) atoms. The Morgan fingerprint density at radius 2 is 1.12 bits per heavy atom. The zero-order valence-corrected chi connectivity index (χ0v) is 17.1. The Kier molecular flexibility index (Phi) is 5.60. The van der Waals surface area contributed by atoms with Crippen LogP contribution in [0.15, 0.2) is 78.0 Å². The molecule has 0 saturated carbocycles. The number of carboxylic acid groups (broad SMARTS) is 1. The number of carboxylic acids is 1. The van der Waals surface area contributed by atoms with Gasteiger partial charge in [0.15, 0.2) is 5.82 Å². The van der Waals surface area contributed by atoms with Crippen molar-refractivity contribution in [2.75, 3.05) is 11.5 Å². The number of aromatic carboxylic acids is 1. The van der Waals surface area contributed by atoms with Gasteiger partial charge in [0, 0.05) is 33.1 Å². The summed E-state index contributed by atoms with van der Waals surface area (Å²) in [4.78, 5) is 42.5. The number of hydrogen-bond acceptors (Lipinski definition) is 7. The van der Waals surface area contributed by atoms with Gasteiger partial charge in [-0.25, -0.2) is 14.8 Å². The number of nitroso groups, excluding NO2 is 1. The summed E-state index contributed by atoms with van der Waals surface area (Å²) in [7, 11) is 0. The van der Waals surface area contributed by atoms with E-state index in [9.17, 15) is 14.5 Å². The summed E-state index contributed by atoms with van der Waals surface area (Å²) in [6.45, 7) is 0. The Bertz CT molecular complexity index is 1370. The van der Waals surface area contributed by atoms with Crippen molar-refractivity contribution >= 4 is 23.4 Å². The van der Waals surface area contributed by atoms with Crippen molar-refractivity contribution in [3.8, 4) is 33.8 Å². The molecule has 0 unspecified atom stereocenters. The number of carbonyl (C=O) groups is 2. The molecule has 9 nitrogen and oxygen atoms in total. The SMILES string of the molecule is Nc1ccc(-c2nc(-c3ccc(C(=O)O)cc3)c(N)nc2-c2ccc(C(=O)N=O)cc2)cc1. The topological polar surface area (TPSA) is 162 Å². The molecule has 0 aliphatic carbocycles. The number of rotatable bonds is 5. The van der Waals surface area contributed by atoms with E-state index in [0.717, 1.165) is 5.56 Å². The first-order valence-corrected chi connectivity index (χ1v) is 9.72. The number of carbonyl (C=O) groups excluding carboxylic acids is 1. The van der Waals surface area contributed by atoms with Crippen LogP contribution in [0.4, 0.5) is 11.5 Å². The van der Waals surface area contributed by atoms with E-state index in [4.69, 9.17) is 21.6 Å². The number of anilines is 2.